The number of benzene rings is 7. The van der Waals surface area contributed by atoms with E-state index in [1.54, 1.807) is 36.4 Å². The molecule has 0 unspecified atom stereocenters. The molecule has 8 rings (SSSR count). The molecule has 0 aliphatic rings. The minimum absolute atomic E-state index is 0.0661. The summed E-state index contributed by atoms with van der Waals surface area (Å²) in [5.41, 5.74) is 1.13. The van der Waals surface area contributed by atoms with Crippen LogP contribution in [-0.2, 0) is 6.42 Å². The van der Waals surface area contributed by atoms with Gasteiger partial charge in [-0.15, -0.1) is 0 Å². The van der Waals surface area contributed by atoms with Crippen molar-refractivity contribution in [1.82, 2.24) is 0 Å². The van der Waals surface area contributed by atoms with E-state index in [1.807, 2.05) is 6.07 Å². The lowest BCUT2D eigenvalue weighted by Gasteiger charge is -2.18. The van der Waals surface area contributed by atoms with Crippen LogP contribution in [0.15, 0.2) is 138 Å². The van der Waals surface area contributed by atoms with Crippen molar-refractivity contribution in [1.29, 1.82) is 0 Å². The van der Waals surface area contributed by atoms with E-state index < -0.39 is 97.1 Å². The molecule has 1 nitrogen and oxygen atoms in total. The molecule has 0 N–H and O–H groups in total. The Morgan fingerprint density at radius 3 is 2.00 bits per heavy atom. The molecule has 0 saturated heterocycles. The maximum atomic E-state index is 9.25. The molecule has 0 bridgehead atoms. The fourth-order valence-electron chi connectivity index (χ4n) is 5.22. The molecule has 8 aromatic rings. The molecule has 1 heterocycles. The van der Waals surface area contributed by atoms with E-state index in [0.717, 1.165) is 0 Å². The minimum atomic E-state index is -0.650. The second kappa shape index (κ2) is 8.33. The Labute approximate surface area is 241 Å². The van der Waals surface area contributed by atoms with Crippen LogP contribution in [0.4, 0.5) is 0 Å². The summed E-state index contributed by atoms with van der Waals surface area (Å²) in [6.07, 6.45) is -0.557. The molecular formula is C37H24O. The van der Waals surface area contributed by atoms with Gasteiger partial charge >= 0.3 is 0 Å². The third-order valence-electron chi connectivity index (χ3n) is 6.81. The lowest BCUT2D eigenvalue weighted by Crippen LogP contribution is -1.96. The highest BCUT2D eigenvalue weighted by molar-refractivity contribution is 6.22. The first-order chi connectivity index (χ1) is 25.1. The largest absolute Gasteiger partial charge is 0.456 e. The average Bonchev–Trinajstić information content (AvgIpc) is 3.54. The van der Waals surface area contributed by atoms with Crippen LogP contribution >= 0.6 is 0 Å². The van der Waals surface area contributed by atoms with E-state index in [4.69, 9.17) is 19.5 Å². The van der Waals surface area contributed by atoms with Gasteiger partial charge in [-0.25, -0.2) is 0 Å². The fraction of sp³-hybridized carbons (Fsp3) is 0.0270. The number of para-hydroxylation sites is 1. The Hall–Kier alpha value is -4.88. The predicted molar refractivity (Wildman–Crippen MR) is 161 cm³/mol. The molecule has 0 fully saturated rings. The molecule has 38 heavy (non-hydrogen) atoms. The average molecular weight is 500 g/mol. The lowest BCUT2D eigenvalue weighted by atomic mass is 9.85. The summed E-state index contributed by atoms with van der Waals surface area (Å²) in [6.45, 7) is 0. The summed E-state index contributed by atoms with van der Waals surface area (Å²) in [6, 6.07) is 3.54. The number of rotatable bonds is 3. The van der Waals surface area contributed by atoms with E-state index >= 15 is 0 Å². The van der Waals surface area contributed by atoms with Crippen LogP contribution < -0.4 is 0 Å². The van der Waals surface area contributed by atoms with E-state index in [9.17, 15) is 5.48 Å². The van der Waals surface area contributed by atoms with Crippen molar-refractivity contribution in [3.8, 4) is 11.1 Å². The summed E-state index contributed by atoms with van der Waals surface area (Å²) in [5, 5.41) is 0.140. The van der Waals surface area contributed by atoms with Crippen molar-refractivity contribution in [2.75, 3.05) is 0 Å². The molecule has 178 valence electrons. The lowest BCUT2D eigenvalue weighted by molar-refractivity contribution is 0.669. The van der Waals surface area contributed by atoms with Crippen molar-refractivity contribution >= 4 is 54.3 Å². The standard InChI is InChI=1S/C37H24O/c1-2-11-26-22-24(20-21-25(26)10-1)23-33-27-12-3-5-14-29(27)36(30-15-6-4-13-28(30)33)32-17-9-19-35-37(32)31-16-7-8-18-34(31)38-35/h1-22H,23H2/i1D,2D,3D,4D,5D,6D,10D,11D,12D,13D,14D,15D,20D,21D,22D. The Morgan fingerprint density at radius 2 is 1.21 bits per heavy atom. The third-order valence-corrected chi connectivity index (χ3v) is 6.81. The van der Waals surface area contributed by atoms with Crippen molar-refractivity contribution in [3.63, 3.8) is 0 Å². The van der Waals surface area contributed by atoms with E-state index in [0.29, 0.717) is 27.5 Å². The third kappa shape index (κ3) is 3.19. The summed E-state index contributed by atoms with van der Waals surface area (Å²) in [7, 11) is 0. The van der Waals surface area contributed by atoms with Gasteiger partial charge in [-0.05, 0) is 73.1 Å². The van der Waals surface area contributed by atoms with Gasteiger partial charge in [0.1, 0.15) is 11.2 Å². The van der Waals surface area contributed by atoms with Gasteiger partial charge in [0.2, 0.25) is 0 Å². The van der Waals surface area contributed by atoms with Crippen molar-refractivity contribution in [2.24, 2.45) is 0 Å². The maximum absolute atomic E-state index is 9.25. The predicted octanol–water partition coefficient (Wildman–Crippen LogP) is 10.3. The zero-order valence-electron chi connectivity index (χ0n) is 34.7. The van der Waals surface area contributed by atoms with E-state index in [2.05, 4.69) is 0 Å². The van der Waals surface area contributed by atoms with Gasteiger partial charge in [0.15, 0.2) is 0 Å². The quantitative estimate of drug-likeness (QED) is 0.220. The Bertz CT molecular complexity index is 2900. The van der Waals surface area contributed by atoms with Gasteiger partial charge in [-0.3, -0.25) is 0 Å². The zero-order valence-corrected chi connectivity index (χ0v) is 19.7. The molecule has 0 radical (unpaired) electrons. The summed E-state index contributed by atoms with van der Waals surface area (Å²) >= 11 is 0. The maximum Gasteiger partial charge on any atom is 0.136 e. The molecule has 0 spiro atoms. The van der Waals surface area contributed by atoms with Crippen LogP contribution in [0.2, 0.25) is 0 Å². The summed E-state index contributed by atoms with van der Waals surface area (Å²) < 4.78 is 138. The zero-order chi connectivity index (χ0) is 38.1. The van der Waals surface area contributed by atoms with Gasteiger partial charge in [0, 0.05) is 10.8 Å². The van der Waals surface area contributed by atoms with Crippen molar-refractivity contribution < 1.29 is 25.0 Å². The first-order valence-electron chi connectivity index (χ1n) is 19.4. The number of hydrogen-bond acceptors (Lipinski definition) is 1. The van der Waals surface area contributed by atoms with E-state index in [1.165, 1.54) is 0 Å². The second-order valence-electron chi connectivity index (χ2n) is 8.91. The topological polar surface area (TPSA) is 13.1 Å². The first-order valence-corrected chi connectivity index (χ1v) is 11.9. The van der Waals surface area contributed by atoms with Crippen LogP contribution in [0.25, 0.3) is 65.4 Å². The monoisotopic (exact) mass is 499 g/mol. The smallest absolute Gasteiger partial charge is 0.136 e. The van der Waals surface area contributed by atoms with Crippen LogP contribution in [-0.4, -0.2) is 0 Å². The van der Waals surface area contributed by atoms with Gasteiger partial charge < -0.3 is 4.42 Å². The molecular weight excluding hydrogens is 460 g/mol. The highest BCUT2D eigenvalue weighted by Crippen LogP contribution is 2.44. The molecule has 0 aliphatic heterocycles. The molecule has 1 heteroatoms. The number of hydrogen-bond donors (Lipinski definition) is 0. The molecule has 0 amide bonds. The highest BCUT2D eigenvalue weighted by atomic mass is 16.3. The first kappa shape index (κ1) is 11.2. The Kier molecular flexibility index (Phi) is 2.46. The van der Waals surface area contributed by atoms with Crippen LogP contribution in [0.5, 0.6) is 0 Å². The second-order valence-corrected chi connectivity index (χ2v) is 8.91. The molecule has 0 saturated carbocycles. The molecule has 0 atom stereocenters. The van der Waals surface area contributed by atoms with Gasteiger partial charge in [-0.2, -0.15) is 0 Å². The van der Waals surface area contributed by atoms with Crippen LogP contribution in [0, 0.1) is 0 Å². The van der Waals surface area contributed by atoms with Crippen LogP contribution in [0.3, 0.4) is 0 Å². The molecule has 0 aliphatic carbocycles. The fourth-order valence-corrected chi connectivity index (χ4v) is 5.22. The van der Waals surface area contributed by atoms with Crippen molar-refractivity contribution in [3.05, 3.63) is 144 Å². The SMILES string of the molecule is [2H]c1c([2H])c([2H])c2c([2H])c(Cc3c4c([2H])c([2H])c([2H])c([2H])c4c(-c4cccc5oc6ccccc6c45)c4c([2H])c([2H])c([2H])c([2H])c34)c([2H])c([2H])c2c1[2H]. The Morgan fingerprint density at radius 1 is 0.553 bits per heavy atom. The number of fused-ring (bicyclic) bond motifs is 6. The summed E-state index contributed by atoms with van der Waals surface area (Å²) in [5.74, 6) is 0. The molecule has 1 aromatic heterocycles. The molecule has 7 aromatic carbocycles. The van der Waals surface area contributed by atoms with Crippen molar-refractivity contribution in [2.45, 2.75) is 6.42 Å². The van der Waals surface area contributed by atoms with Gasteiger partial charge in [-0.1, -0.05) is 121 Å². The van der Waals surface area contributed by atoms with Gasteiger partial charge in [0.05, 0.1) is 20.6 Å². The highest BCUT2D eigenvalue weighted by Gasteiger charge is 2.19. The van der Waals surface area contributed by atoms with E-state index in [-0.39, 0.29) is 49.0 Å². The van der Waals surface area contributed by atoms with Crippen LogP contribution in [0.1, 0.15) is 31.7 Å². The summed E-state index contributed by atoms with van der Waals surface area (Å²) in [4.78, 5) is 0. The van der Waals surface area contributed by atoms with Gasteiger partial charge in [0.25, 0.3) is 0 Å². The Balaban J connectivity index is 1.64. The normalized spacial score (nSPS) is 17.3. The minimum Gasteiger partial charge on any atom is -0.456 e. The number of furan rings is 1.